The minimum Gasteiger partial charge on any atom is -0.444 e. The number of hydrogen-bond donors (Lipinski definition) is 0. The molecule has 2 saturated heterocycles. The lowest BCUT2D eigenvalue weighted by Crippen LogP contribution is -2.50. The van der Waals surface area contributed by atoms with Gasteiger partial charge >= 0.3 is 6.09 Å². The highest BCUT2D eigenvalue weighted by Gasteiger charge is 2.49. The predicted molar refractivity (Wildman–Crippen MR) is 133 cm³/mol. The average molecular weight is 474 g/mol. The number of anilines is 1. The summed E-state index contributed by atoms with van der Waals surface area (Å²) in [6.07, 6.45) is 6.42. The van der Waals surface area contributed by atoms with Crippen molar-refractivity contribution in [2.45, 2.75) is 83.6 Å². The van der Waals surface area contributed by atoms with Gasteiger partial charge < -0.3 is 23.8 Å². The highest BCUT2D eigenvalue weighted by molar-refractivity contribution is 6.76. The third kappa shape index (κ3) is 5.35. The highest BCUT2D eigenvalue weighted by Crippen LogP contribution is 2.41. The first-order chi connectivity index (χ1) is 15.5. The van der Waals surface area contributed by atoms with E-state index in [0.29, 0.717) is 6.73 Å². The van der Waals surface area contributed by atoms with Gasteiger partial charge in [0.25, 0.3) is 0 Å². The second-order valence-corrected chi connectivity index (χ2v) is 17.3. The number of ether oxygens (including phenoxy) is 2. The van der Waals surface area contributed by atoms with E-state index in [9.17, 15) is 4.79 Å². The van der Waals surface area contributed by atoms with Gasteiger partial charge in [0.1, 0.15) is 30.1 Å². The molecule has 4 heterocycles. The molecule has 0 aromatic carbocycles. The highest BCUT2D eigenvalue weighted by atomic mass is 28.3. The molecular weight excluding hydrogens is 434 g/mol. The number of likely N-dealkylation sites (tertiary alicyclic amines) is 1. The van der Waals surface area contributed by atoms with Crippen LogP contribution in [0.5, 0.6) is 0 Å². The molecule has 2 aromatic rings. The second kappa shape index (κ2) is 8.90. The molecule has 1 spiro atoms. The fraction of sp³-hybridized carbons (Fsp3) is 0.708. The van der Waals surface area contributed by atoms with Gasteiger partial charge in [-0.3, -0.25) is 0 Å². The molecule has 1 atom stereocenters. The number of carbonyl (C=O) groups is 1. The molecule has 1 amide bonds. The van der Waals surface area contributed by atoms with Crippen LogP contribution in [0, 0.1) is 0 Å². The van der Waals surface area contributed by atoms with Crippen molar-refractivity contribution in [2.24, 2.45) is 0 Å². The van der Waals surface area contributed by atoms with Crippen molar-refractivity contribution < 1.29 is 14.3 Å². The van der Waals surface area contributed by atoms with Gasteiger partial charge in [0.2, 0.25) is 0 Å². The van der Waals surface area contributed by atoms with Crippen LogP contribution in [0.3, 0.4) is 0 Å². The van der Waals surface area contributed by atoms with Crippen LogP contribution < -0.4 is 4.90 Å². The first-order valence-electron chi connectivity index (χ1n) is 12.1. The fourth-order valence-corrected chi connectivity index (χ4v) is 5.65. The third-order valence-electron chi connectivity index (χ3n) is 6.60. The van der Waals surface area contributed by atoms with Crippen molar-refractivity contribution >= 4 is 31.0 Å². The minimum absolute atomic E-state index is 0.178. The van der Waals surface area contributed by atoms with Gasteiger partial charge in [0, 0.05) is 40.5 Å². The van der Waals surface area contributed by atoms with Crippen molar-refractivity contribution in [2.75, 3.05) is 31.1 Å². The van der Waals surface area contributed by atoms with Crippen LogP contribution in [-0.2, 0) is 16.2 Å². The van der Waals surface area contributed by atoms with Crippen molar-refractivity contribution in [1.82, 2.24) is 19.4 Å². The summed E-state index contributed by atoms with van der Waals surface area (Å²) in [5, 5.41) is 1.03. The Morgan fingerprint density at radius 3 is 2.70 bits per heavy atom. The average Bonchev–Trinajstić information content (AvgIpc) is 3.42. The van der Waals surface area contributed by atoms with E-state index >= 15 is 0 Å². The van der Waals surface area contributed by atoms with Crippen LogP contribution in [0.2, 0.25) is 25.7 Å². The smallest absolute Gasteiger partial charge is 0.410 e. The van der Waals surface area contributed by atoms with Crippen molar-refractivity contribution in [3.05, 3.63) is 18.6 Å². The lowest BCUT2D eigenvalue weighted by atomic mass is 9.95. The summed E-state index contributed by atoms with van der Waals surface area (Å²) in [5.41, 5.74) is 0.226. The maximum absolute atomic E-state index is 12.9. The van der Waals surface area contributed by atoms with E-state index in [2.05, 4.69) is 45.1 Å². The molecule has 8 nitrogen and oxygen atoms in total. The minimum atomic E-state index is -1.11. The maximum atomic E-state index is 12.9. The Kier molecular flexibility index (Phi) is 6.48. The van der Waals surface area contributed by atoms with E-state index in [-0.39, 0.29) is 11.6 Å². The quantitative estimate of drug-likeness (QED) is 0.446. The van der Waals surface area contributed by atoms with Crippen LogP contribution in [-0.4, -0.2) is 71.0 Å². The molecule has 9 heteroatoms. The molecule has 0 saturated carbocycles. The van der Waals surface area contributed by atoms with E-state index in [1.165, 1.54) is 0 Å². The molecule has 33 heavy (non-hydrogen) atoms. The molecule has 0 N–H and O–H groups in total. The number of amides is 1. The molecule has 182 valence electrons. The van der Waals surface area contributed by atoms with Crippen LogP contribution in [0.25, 0.3) is 11.0 Å². The molecule has 1 unspecified atom stereocenters. The van der Waals surface area contributed by atoms with Crippen LogP contribution >= 0.6 is 0 Å². The zero-order chi connectivity index (χ0) is 23.9. The molecule has 2 aliphatic heterocycles. The summed E-state index contributed by atoms with van der Waals surface area (Å²) in [7, 11) is -1.11. The van der Waals surface area contributed by atoms with Crippen molar-refractivity contribution in [1.29, 1.82) is 0 Å². The Balaban J connectivity index is 1.48. The normalized spacial score (nSPS) is 21.5. The standard InChI is InChI=1S/C24H39N5O3Si/c1-23(2,3)32-22(30)29-11-7-9-24(29)10-13-27(16-24)20-19-8-12-28(21(19)26-17-25-20)18-31-14-15-33(4,5)6/h8,12,17H,7,9-11,13-16,18H2,1-6H3. The molecule has 4 rings (SSSR count). The van der Waals surface area contributed by atoms with Crippen LogP contribution in [0.4, 0.5) is 10.6 Å². The monoisotopic (exact) mass is 473 g/mol. The number of carbonyl (C=O) groups excluding carboxylic acids is 1. The lowest BCUT2D eigenvalue weighted by molar-refractivity contribution is 0.0111. The number of aromatic nitrogens is 3. The summed E-state index contributed by atoms with van der Waals surface area (Å²) in [6, 6.07) is 3.23. The largest absolute Gasteiger partial charge is 0.444 e. The number of hydrogen-bond acceptors (Lipinski definition) is 6. The first-order valence-corrected chi connectivity index (χ1v) is 15.8. The molecular formula is C24H39N5O3Si. The zero-order valence-electron chi connectivity index (χ0n) is 21.1. The van der Waals surface area contributed by atoms with E-state index in [1.54, 1.807) is 6.33 Å². The lowest BCUT2D eigenvalue weighted by Gasteiger charge is -2.36. The predicted octanol–water partition coefficient (Wildman–Crippen LogP) is 4.72. The van der Waals surface area contributed by atoms with Gasteiger partial charge in [-0.2, -0.15) is 0 Å². The van der Waals surface area contributed by atoms with Gasteiger partial charge in [-0.25, -0.2) is 14.8 Å². The Morgan fingerprint density at radius 1 is 1.18 bits per heavy atom. The summed E-state index contributed by atoms with van der Waals surface area (Å²) in [4.78, 5) is 26.4. The van der Waals surface area contributed by atoms with Gasteiger partial charge in [-0.15, -0.1) is 0 Å². The Labute approximate surface area is 198 Å². The Morgan fingerprint density at radius 2 is 1.97 bits per heavy atom. The summed E-state index contributed by atoms with van der Waals surface area (Å²) in [5.74, 6) is 0.939. The summed E-state index contributed by atoms with van der Waals surface area (Å²) in [6.45, 7) is 16.5. The van der Waals surface area contributed by atoms with Crippen molar-refractivity contribution in [3.8, 4) is 0 Å². The maximum Gasteiger partial charge on any atom is 0.410 e. The van der Waals surface area contributed by atoms with Crippen LogP contribution in [0.1, 0.15) is 40.0 Å². The van der Waals surface area contributed by atoms with E-state index < -0.39 is 13.7 Å². The molecule has 2 fully saturated rings. The molecule has 0 radical (unpaired) electrons. The summed E-state index contributed by atoms with van der Waals surface area (Å²) >= 11 is 0. The van der Waals surface area contributed by atoms with E-state index in [4.69, 9.17) is 9.47 Å². The Bertz CT molecular complexity index is 996. The zero-order valence-corrected chi connectivity index (χ0v) is 22.1. The molecule has 0 aliphatic carbocycles. The first kappa shape index (κ1) is 24.0. The van der Waals surface area contributed by atoms with E-state index in [0.717, 1.165) is 68.4 Å². The van der Waals surface area contributed by atoms with Gasteiger partial charge in [-0.05, 0) is 52.1 Å². The number of fused-ring (bicyclic) bond motifs is 1. The summed E-state index contributed by atoms with van der Waals surface area (Å²) < 4.78 is 13.7. The van der Waals surface area contributed by atoms with Gasteiger partial charge in [0.05, 0.1) is 10.9 Å². The van der Waals surface area contributed by atoms with Crippen LogP contribution in [0.15, 0.2) is 18.6 Å². The third-order valence-corrected chi connectivity index (χ3v) is 8.31. The second-order valence-electron chi connectivity index (χ2n) is 11.7. The van der Waals surface area contributed by atoms with Gasteiger partial charge in [-0.1, -0.05) is 19.6 Å². The topological polar surface area (TPSA) is 72.7 Å². The molecule has 2 aliphatic rings. The fourth-order valence-electron chi connectivity index (χ4n) is 4.89. The van der Waals surface area contributed by atoms with Crippen molar-refractivity contribution in [3.63, 3.8) is 0 Å². The molecule has 0 bridgehead atoms. The SMILES string of the molecule is CC(C)(C)OC(=O)N1CCCC12CCN(c1ncnc3c1ccn3COCC[Si](C)(C)C)C2. The Hall–Kier alpha value is -2.13. The number of rotatable bonds is 6. The molecule has 2 aromatic heterocycles. The van der Waals surface area contributed by atoms with E-state index in [1.807, 2.05) is 31.9 Å². The van der Waals surface area contributed by atoms with Gasteiger partial charge in [0.15, 0.2) is 0 Å². The number of nitrogens with zero attached hydrogens (tertiary/aromatic N) is 5.